The lowest BCUT2D eigenvalue weighted by Gasteiger charge is -2.29. The van der Waals surface area contributed by atoms with Gasteiger partial charge in [-0.1, -0.05) is 39.7 Å². The van der Waals surface area contributed by atoms with E-state index >= 15 is 0 Å². The van der Waals surface area contributed by atoms with Gasteiger partial charge in [0.1, 0.15) is 0 Å². The fourth-order valence-electron chi connectivity index (χ4n) is 2.89. The van der Waals surface area contributed by atoms with Gasteiger partial charge in [0.25, 0.3) is 0 Å². The van der Waals surface area contributed by atoms with E-state index in [-0.39, 0.29) is 0 Å². The Bertz CT molecular complexity index is 436. The van der Waals surface area contributed by atoms with Crippen LogP contribution in [0.1, 0.15) is 59.8 Å². The minimum Gasteiger partial charge on any atom is -0.407 e. The molecule has 1 aliphatic rings. The van der Waals surface area contributed by atoms with Crippen molar-refractivity contribution in [2.45, 2.75) is 66.5 Å². The maximum Gasteiger partial charge on any atom is 0.318 e. The van der Waals surface area contributed by atoms with Crippen LogP contribution in [0.3, 0.4) is 0 Å². The lowest BCUT2D eigenvalue weighted by atomic mass is 9.77. The zero-order valence-corrected chi connectivity index (χ0v) is 14.1. The van der Waals surface area contributed by atoms with E-state index in [0.717, 1.165) is 19.0 Å². The van der Waals surface area contributed by atoms with Crippen LogP contribution in [0.2, 0.25) is 0 Å². The van der Waals surface area contributed by atoms with Crippen molar-refractivity contribution in [2.24, 2.45) is 11.3 Å². The maximum absolute atomic E-state index is 5.79. The summed E-state index contributed by atoms with van der Waals surface area (Å²) in [5.41, 5.74) is 0.386. The minimum absolute atomic E-state index is 0.386. The number of nitrogens with one attached hydrogen (secondary N) is 1. The van der Waals surface area contributed by atoms with Gasteiger partial charge in [-0.3, -0.25) is 0 Å². The molecule has 1 aromatic heterocycles. The highest BCUT2D eigenvalue weighted by molar-refractivity contribution is 5.24. The third kappa shape index (κ3) is 4.70. The summed E-state index contributed by atoms with van der Waals surface area (Å²) in [7, 11) is 0. The molecule has 0 radical (unpaired) electrons. The summed E-state index contributed by atoms with van der Waals surface area (Å²) in [6, 6.07) is 1.11. The zero-order chi connectivity index (χ0) is 15.5. The van der Waals surface area contributed by atoms with Crippen LogP contribution in [0.5, 0.6) is 0 Å². The monoisotopic (exact) mass is 294 g/mol. The number of hydrogen-bond acceptors (Lipinski definition) is 5. The Hall–Kier alpha value is -1.10. The smallest absolute Gasteiger partial charge is 0.318 e. The molecule has 0 spiro atoms. The number of rotatable bonds is 4. The lowest BCUT2D eigenvalue weighted by Crippen LogP contribution is -2.26. The quantitative estimate of drug-likeness (QED) is 0.924. The molecule has 5 nitrogen and oxygen atoms in total. The normalized spacial score (nSPS) is 20.9. The van der Waals surface area contributed by atoms with Gasteiger partial charge in [-0.2, -0.15) is 0 Å². The van der Waals surface area contributed by atoms with Crippen molar-refractivity contribution >= 4 is 6.01 Å². The van der Waals surface area contributed by atoms with Crippen molar-refractivity contribution in [3.8, 4) is 0 Å². The van der Waals surface area contributed by atoms with Crippen molar-refractivity contribution in [1.82, 2.24) is 15.5 Å². The van der Waals surface area contributed by atoms with Crippen LogP contribution in [-0.4, -0.2) is 29.3 Å². The Balaban J connectivity index is 1.93. The molecule has 1 N–H and O–H groups in total. The molecule has 21 heavy (non-hydrogen) atoms. The second kappa shape index (κ2) is 6.77. The first-order chi connectivity index (χ1) is 9.86. The van der Waals surface area contributed by atoms with E-state index in [1.807, 2.05) is 0 Å². The Morgan fingerprint density at radius 3 is 2.67 bits per heavy atom. The molecule has 0 amide bonds. The Morgan fingerprint density at radius 1 is 1.24 bits per heavy atom. The standard InChI is InChI=1S/C16H30N4O/c1-12(2)17-11-14-18-19-15(21-14)20-9-6-7-13(8-10-20)16(3,4)5/h12-13,17H,6-11H2,1-5H3. The summed E-state index contributed by atoms with van der Waals surface area (Å²) in [6.07, 6.45) is 3.69. The summed E-state index contributed by atoms with van der Waals surface area (Å²) >= 11 is 0. The number of aromatic nitrogens is 2. The van der Waals surface area contributed by atoms with E-state index in [1.54, 1.807) is 0 Å². The van der Waals surface area contributed by atoms with Crippen LogP contribution >= 0.6 is 0 Å². The predicted molar refractivity (Wildman–Crippen MR) is 85.3 cm³/mol. The molecular formula is C16H30N4O. The van der Waals surface area contributed by atoms with E-state index in [1.165, 1.54) is 19.3 Å². The fraction of sp³-hybridized carbons (Fsp3) is 0.875. The van der Waals surface area contributed by atoms with E-state index in [9.17, 15) is 0 Å². The molecule has 1 aliphatic heterocycles. The SMILES string of the molecule is CC(C)NCc1nnc(N2CCCC(C(C)(C)C)CC2)o1. The third-order valence-corrected chi connectivity index (χ3v) is 4.34. The van der Waals surface area contributed by atoms with Crippen molar-refractivity contribution in [2.75, 3.05) is 18.0 Å². The van der Waals surface area contributed by atoms with Crippen molar-refractivity contribution < 1.29 is 4.42 Å². The van der Waals surface area contributed by atoms with E-state index in [4.69, 9.17) is 4.42 Å². The first-order valence-electron chi connectivity index (χ1n) is 8.17. The molecule has 1 saturated heterocycles. The summed E-state index contributed by atoms with van der Waals surface area (Å²) in [4.78, 5) is 2.25. The van der Waals surface area contributed by atoms with Gasteiger partial charge in [0, 0.05) is 19.1 Å². The molecule has 1 aromatic rings. The number of hydrogen-bond donors (Lipinski definition) is 1. The van der Waals surface area contributed by atoms with E-state index in [0.29, 0.717) is 29.9 Å². The molecule has 1 atom stereocenters. The van der Waals surface area contributed by atoms with Crippen LogP contribution in [-0.2, 0) is 6.54 Å². The molecule has 5 heteroatoms. The molecule has 1 fully saturated rings. The van der Waals surface area contributed by atoms with E-state index < -0.39 is 0 Å². The highest BCUT2D eigenvalue weighted by Gasteiger charge is 2.28. The van der Waals surface area contributed by atoms with Gasteiger partial charge in [0.2, 0.25) is 5.89 Å². The molecular weight excluding hydrogens is 264 g/mol. The second-order valence-electron chi connectivity index (χ2n) is 7.49. The molecule has 0 saturated carbocycles. The van der Waals surface area contributed by atoms with Gasteiger partial charge in [0.15, 0.2) is 0 Å². The van der Waals surface area contributed by atoms with Gasteiger partial charge >= 0.3 is 6.01 Å². The predicted octanol–water partition coefficient (Wildman–Crippen LogP) is 3.22. The molecule has 2 rings (SSSR count). The van der Waals surface area contributed by atoms with Crippen molar-refractivity contribution in [3.63, 3.8) is 0 Å². The Kier molecular flexibility index (Phi) is 5.25. The highest BCUT2D eigenvalue weighted by atomic mass is 16.4. The summed E-state index contributed by atoms with van der Waals surface area (Å²) < 4.78 is 5.79. The minimum atomic E-state index is 0.386. The lowest BCUT2D eigenvalue weighted by molar-refractivity contribution is 0.220. The van der Waals surface area contributed by atoms with Gasteiger partial charge in [-0.05, 0) is 30.6 Å². The van der Waals surface area contributed by atoms with Gasteiger partial charge in [-0.25, -0.2) is 0 Å². The molecule has 0 bridgehead atoms. The largest absolute Gasteiger partial charge is 0.407 e. The van der Waals surface area contributed by atoms with Crippen molar-refractivity contribution in [3.05, 3.63) is 5.89 Å². The molecule has 120 valence electrons. The summed E-state index contributed by atoms with van der Waals surface area (Å²) in [5, 5.41) is 11.7. The van der Waals surface area contributed by atoms with Gasteiger partial charge in [-0.15, -0.1) is 5.10 Å². The van der Waals surface area contributed by atoms with Crippen LogP contribution in [0.15, 0.2) is 4.42 Å². The molecule has 2 heterocycles. The molecule has 0 aromatic carbocycles. The topological polar surface area (TPSA) is 54.2 Å². The van der Waals surface area contributed by atoms with Crippen LogP contribution in [0, 0.1) is 11.3 Å². The Morgan fingerprint density at radius 2 is 2.00 bits per heavy atom. The van der Waals surface area contributed by atoms with Gasteiger partial charge in [0.05, 0.1) is 6.54 Å². The first-order valence-corrected chi connectivity index (χ1v) is 8.17. The Labute approximate surface area is 128 Å². The second-order valence-corrected chi connectivity index (χ2v) is 7.49. The average molecular weight is 294 g/mol. The maximum atomic E-state index is 5.79. The first kappa shape index (κ1) is 16.3. The zero-order valence-electron chi connectivity index (χ0n) is 14.1. The fourth-order valence-corrected chi connectivity index (χ4v) is 2.89. The summed E-state index contributed by atoms with van der Waals surface area (Å²) in [5.74, 6) is 1.45. The number of nitrogens with zero attached hydrogens (tertiary/aromatic N) is 3. The van der Waals surface area contributed by atoms with E-state index in [2.05, 4.69) is 55.0 Å². The third-order valence-electron chi connectivity index (χ3n) is 4.34. The summed E-state index contributed by atoms with van der Waals surface area (Å²) in [6.45, 7) is 13.9. The van der Waals surface area contributed by atoms with Crippen LogP contribution in [0.4, 0.5) is 6.01 Å². The molecule has 0 aliphatic carbocycles. The van der Waals surface area contributed by atoms with Crippen molar-refractivity contribution in [1.29, 1.82) is 0 Å². The average Bonchev–Trinajstić information content (AvgIpc) is 2.70. The van der Waals surface area contributed by atoms with Crippen LogP contribution < -0.4 is 10.2 Å². The number of anilines is 1. The molecule has 1 unspecified atom stereocenters. The highest BCUT2D eigenvalue weighted by Crippen LogP contribution is 2.34. The van der Waals surface area contributed by atoms with Gasteiger partial charge < -0.3 is 14.6 Å². The van der Waals surface area contributed by atoms with Crippen LogP contribution in [0.25, 0.3) is 0 Å².